The minimum Gasteiger partial charge on any atom is -0.334 e. The monoisotopic (exact) mass is 337 g/mol. The first kappa shape index (κ1) is 15.7. The van der Waals surface area contributed by atoms with Crippen molar-refractivity contribution in [3.8, 4) is 0 Å². The second kappa shape index (κ2) is 6.68. The molecule has 0 fully saturated rings. The van der Waals surface area contributed by atoms with Crippen LogP contribution in [0.1, 0.15) is 32.5 Å². The highest BCUT2D eigenvalue weighted by Crippen LogP contribution is 2.11. The molecule has 0 aliphatic rings. The van der Waals surface area contributed by atoms with Gasteiger partial charge in [-0.15, -0.1) is 0 Å². The van der Waals surface area contributed by atoms with Gasteiger partial charge in [0.25, 0.3) is 10.0 Å². The van der Waals surface area contributed by atoms with Crippen LogP contribution in [0.25, 0.3) is 0 Å². The molecule has 1 rings (SSSR count). The molecular weight excluding hydrogens is 318 g/mol. The van der Waals surface area contributed by atoms with Crippen LogP contribution in [0.5, 0.6) is 0 Å². The van der Waals surface area contributed by atoms with E-state index in [1.54, 1.807) is 6.20 Å². The summed E-state index contributed by atoms with van der Waals surface area (Å²) in [6.07, 6.45) is 3.41. The molecule has 0 aromatic carbocycles. The van der Waals surface area contributed by atoms with E-state index in [1.807, 2.05) is 25.3 Å². The molecule has 1 unspecified atom stereocenters. The minimum absolute atomic E-state index is 0.101. The number of aryl methyl sites for hydroxylation is 2. The van der Waals surface area contributed by atoms with E-state index in [0.29, 0.717) is 6.54 Å². The van der Waals surface area contributed by atoms with E-state index in [9.17, 15) is 8.42 Å². The summed E-state index contributed by atoms with van der Waals surface area (Å²) in [5, 5.41) is 0.101. The fourth-order valence-electron chi connectivity index (χ4n) is 1.49. The Morgan fingerprint density at radius 2 is 2.17 bits per heavy atom. The van der Waals surface area contributed by atoms with Crippen LogP contribution in [0.4, 0.5) is 0 Å². The van der Waals surface area contributed by atoms with Gasteiger partial charge in [0.1, 0.15) is 5.82 Å². The van der Waals surface area contributed by atoms with Crippen LogP contribution in [-0.4, -0.2) is 29.3 Å². The SMILES string of the molecule is CCCn1cc(S(=O)(=O)NCC(Br)CC)nc1C. The number of nitrogens with zero attached hydrogens (tertiary/aromatic N) is 2. The topological polar surface area (TPSA) is 64.0 Å². The minimum atomic E-state index is -3.50. The molecule has 18 heavy (non-hydrogen) atoms. The van der Waals surface area contributed by atoms with Gasteiger partial charge in [0.2, 0.25) is 0 Å². The smallest absolute Gasteiger partial charge is 0.259 e. The molecule has 1 atom stereocenters. The lowest BCUT2D eigenvalue weighted by Crippen LogP contribution is -2.29. The Bertz CT molecular complexity index is 484. The molecule has 0 bridgehead atoms. The van der Waals surface area contributed by atoms with Crippen LogP contribution in [0.2, 0.25) is 0 Å². The van der Waals surface area contributed by atoms with Gasteiger partial charge in [-0.1, -0.05) is 29.8 Å². The van der Waals surface area contributed by atoms with Crippen molar-refractivity contribution in [2.45, 2.75) is 50.0 Å². The van der Waals surface area contributed by atoms with E-state index in [1.165, 1.54) is 0 Å². The highest BCUT2D eigenvalue weighted by molar-refractivity contribution is 9.09. The lowest BCUT2D eigenvalue weighted by molar-refractivity contribution is 0.576. The van der Waals surface area contributed by atoms with Crippen molar-refractivity contribution < 1.29 is 8.42 Å². The maximum absolute atomic E-state index is 12.0. The number of halogens is 1. The van der Waals surface area contributed by atoms with Crippen LogP contribution in [0.15, 0.2) is 11.2 Å². The third kappa shape index (κ3) is 4.07. The molecule has 104 valence electrons. The van der Waals surface area contributed by atoms with Gasteiger partial charge in [0.15, 0.2) is 5.03 Å². The van der Waals surface area contributed by atoms with Crippen molar-refractivity contribution in [2.24, 2.45) is 0 Å². The zero-order valence-electron chi connectivity index (χ0n) is 11.0. The Balaban J connectivity index is 2.82. The van der Waals surface area contributed by atoms with Crippen molar-refractivity contribution in [1.29, 1.82) is 0 Å². The van der Waals surface area contributed by atoms with Gasteiger partial charge in [-0.25, -0.2) is 18.1 Å². The maximum Gasteiger partial charge on any atom is 0.259 e. The summed E-state index contributed by atoms with van der Waals surface area (Å²) in [6, 6.07) is 0. The molecule has 1 aromatic rings. The molecule has 0 spiro atoms. The molecule has 0 aliphatic heterocycles. The standard InChI is InChI=1S/C11H20BrN3O2S/c1-4-6-15-8-11(14-9(15)3)18(16,17)13-7-10(12)5-2/h8,10,13H,4-7H2,1-3H3. The van der Waals surface area contributed by atoms with Crippen molar-refractivity contribution in [2.75, 3.05) is 6.54 Å². The summed E-state index contributed by atoms with van der Waals surface area (Å²) in [4.78, 5) is 4.25. The fourth-order valence-corrected chi connectivity index (χ4v) is 2.96. The van der Waals surface area contributed by atoms with Gasteiger partial charge in [-0.05, 0) is 19.8 Å². The van der Waals surface area contributed by atoms with Crippen LogP contribution < -0.4 is 4.72 Å². The van der Waals surface area contributed by atoms with E-state index in [2.05, 4.69) is 25.6 Å². The van der Waals surface area contributed by atoms with Gasteiger partial charge >= 0.3 is 0 Å². The Morgan fingerprint density at radius 1 is 1.50 bits per heavy atom. The number of nitrogens with one attached hydrogen (secondary N) is 1. The third-order valence-electron chi connectivity index (χ3n) is 2.63. The largest absolute Gasteiger partial charge is 0.334 e. The van der Waals surface area contributed by atoms with E-state index in [-0.39, 0.29) is 9.85 Å². The maximum atomic E-state index is 12.0. The average molecular weight is 338 g/mol. The van der Waals surface area contributed by atoms with Crippen LogP contribution in [0, 0.1) is 6.92 Å². The van der Waals surface area contributed by atoms with Crippen molar-refractivity contribution >= 4 is 26.0 Å². The zero-order chi connectivity index (χ0) is 13.8. The quantitative estimate of drug-likeness (QED) is 0.774. The third-order valence-corrected chi connectivity index (χ3v) is 4.90. The molecule has 7 heteroatoms. The number of imidazole rings is 1. The van der Waals surface area contributed by atoms with Crippen LogP contribution in [0.3, 0.4) is 0 Å². The first-order valence-electron chi connectivity index (χ1n) is 6.08. The van der Waals surface area contributed by atoms with Crippen LogP contribution >= 0.6 is 15.9 Å². The number of rotatable bonds is 7. The number of sulfonamides is 1. The molecule has 1 N–H and O–H groups in total. The normalized spacial score (nSPS) is 13.8. The molecule has 0 aliphatic carbocycles. The Kier molecular flexibility index (Phi) is 5.81. The van der Waals surface area contributed by atoms with E-state index in [0.717, 1.165) is 25.2 Å². The van der Waals surface area contributed by atoms with Crippen molar-refractivity contribution in [1.82, 2.24) is 14.3 Å². The molecule has 0 amide bonds. The summed E-state index contributed by atoms with van der Waals surface area (Å²) in [7, 11) is -3.50. The van der Waals surface area contributed by atoms with Gasteiger partial charge in [-0.3, -0.25) is 0 Å². The summed E-state index contributed by atoms with van der Waals surface area (Å²) >= 11 is 3.39. The summed E-state index contributed by atoms with van der Waals surface area (Å²) in [6.45, 7) is 7.01. The Morgan fingerprint density at radius 3 is 2.72 bits per heavy atom. The Hall–Kier alpha value is -0.400. The fraction of sp³-hybridized carbons (Fsp3) is 0.727. The molecule has 1 aromatic heterocycles. The number of aromatic nitrogens is 2. The molecule has 0 saturated carbocycles. The highest BCUT2D eigenvalue weighted by atomic mass is 79.9. The summed E-state index contributed by atoms with van der Waals surface area (Å²) in [5.41, 5.74) is 0. The lowest BCUT2D eigenvalue weighted by atomic mass is 10.3. The van der Waals surface area contributed by atoms with Gasteiger partial charge in [0.05, 0.1) is 0 Å². The number of hydrogen-bond donors (Lipinski definition) is 1. The van der Waals surface area contributed by atoms with Crippen molar-refractivity contribution in [3.63, 3.8) is 0 Å². The number of hydrogen-bond acceptors (Lipinski definition) is 3. The highest BCUT2D eigenvalue weighted by Gasteiger charge is 2.19. The second-order valence-corrected chi connectivity index (χ2v) is 7.19. The van der Waals surface area contributed by atoms with E-state index in [4.69, 9.17) is 0 Å². The van der Waals surface area contributed by atoms with Gasteiger partial charge in [0, 0.05) is 24.1 Å². The first-order valence-corrected chi connectivity index (χ1v) is 8.48. The van der Waals surface area contributed by atoms with Gasteiger partial charge in [-0.2, -0.15) is 0 Å². The molecule has 0 radical (unpaired) electrons. The number of alkyl halides is 1. The zero-order valence-corrected chi connectivity index (χ0v) is 13.4. The lowest BCUT2D eigenvalue weighted by Gasteiger charge is -2.07. The van der Waals surface area contributed by atoms with E-state index < -0.39 is 10.0 Å². The Labute approximate surface area is 117 Å². The molecule has 0 saturated heterocycles. The summed E-state index contributed by atoms with van der Waals surface area (Å²) in [5.74, 6) is 0.725. The van der Waals surface area contributed by atoms with Crippen molar-refractivity contribution in [3.05, 3.63) is 12.0 Å². The predicted octanol–water partition coefficient (Wildman–Crippen LogP) is 2.05. The van der Waals surface area contributed by atoms with E-state index >= 15 is 0 Å². The van der Waals surface area contributed by atoms with Crippen LogP contribution in [-0.2, 0) is 16.6 Å². The second-order valence-electron chi connectivity index (χ2n) is 4.18. The average Bonchev–Trinajstić information content (AvgIpc) is 2.69. The molecule has 5 nitrogen and oxygen atoms in total. The van der Waals surface area contributed by atoms with Gasteiger partial charge < -0.3 is 4.57 Å². The molecular formula is C11H20BrN3O2S. The predicted molar refractivity (Wildman–Crippen MR) is 75.4 cm³/mol. The summed E-state index contributed by atoms with van der Waals surface area (Å²) < 4.78 is 28.4. The molecule has 1 heterocycles. The first-order chi connectivity index (χ1) is 8.40.